The first-order chi connectivity index (χ1) is 30.2. The maximum absolute atomic E-state index is 13.2. The van der Waals surface area contributed by atoms with Crippen LogP contribution in [0.3, 0.4) is 0 Å². The Hall–Kier alpha value is -5.01. The van der Waals surface area contributed by atoms with Crippen molar-refractivity contribution in [1.82, 2.24) is 34.7 Å². The molecule has 0 saturated carbocycles. The third-order valence-electron chi connectivity index (χ3n) is 11.9. The molecular weight excluding hydrogens is 851 g/mol. The molecule has 2 atom stereocenters. The number of ether oxygens (including phenoxy) is 4. The highest BCUT2D eigenvalue weighted by molar-refractivity contribution is 6.31. The molecule has 0 fully saturated rings. The molecule has 2 aliphatic rings. The number of nitrogens with zero attached hydrogens (tertiary/aromatic N) is 10. The van der Waals surface area contributed by atoms with E-state index in [-0.39, 0.29) is 54.4 Å². The Bertz CT molecular complexity index is 2270. The van der Waals surface area contributed by atoms with Gasteiger partial charge in [-0.25, -0.2) is 9.97 Å². The Kier molecular flexibility index (Phi) is 15.9. The van der Waals surface area contributed by atoms with Crippen LogP contribution in [0.1, 0.15) is 76.9 Å². The van der Waals surface area contributed by atoms with Gasteiger partial charge in [-0.15, -0.1) is 0 Å². The second-order valence-electron chi connectivity index (χ2n) is 16.0. The van der Waals surface area contributed by atoms with Crippen LogP contribution in [0.2, 0.25) is 10.3 Å². The average Bonchev–Trinajstić information content (AvgIpc) is 3.75. The van der Waals surface area contributed by atoms with E-state index in [4.69, 9.17) is 58.6 Å². The number of hydrogen-bond acceptors (Lipinski definition) is 16. The number of hydrogen-bond donors (Lipinski definition) is 3. The van der Waals surface area contributed by atoms with E-state index in [0.29, 0.717) is 106 Å². The van der Waals surface area contributed by atoms with Crippen LogP contribution in [0.4, 0.5) is 23.5 Å². The minimum atomic E-state index is -0.247. The summed E-state index contributed by atoms with van der Waals surface area (Å²) in [4.78, 5) is 43.8. The quantitative estimate of drug-likeness (QED) is 0.0458. The predicted octanol–water partition coefficient (Wildman–Crippen LogP) is 4.41. The van der Waals surface area contributed by atoms with Gasteiger partial charge in [0.05, 0.1) is 50.3 Å². The topological polar surface area (TPSA) is 208 Å². The number of fused-ring (bicyclic) bond motifs is 2. The van der Waals surface area contributed by atoms with Gasteiger partial charge in [0, 0.05) is 104 Å². The van der Waals surface area contributed by atoms with E-state index >= 15 is 0 Å². The lowest BCUT2D eigenvalue weighted by Crippen LogP contribution is -2.40. The van der Waals surface area contributed by atoms with Crippen LogP contribution < -0.4 is 35.5 Å². The third kappa shape index (κ3) is 10.7. The first-order valence-electron chi connectivity index (χ1n) is 21.3. The number of carbonyl (C=O) groups is 1. The Labute approximate surface area is 379 Å². The van der Waals surface area contributed by atoms with Gasteiger partial charge < -0.3 is 45.1 Å². The Morgan fingerprint density at radius 1 is 0.841 bits per heavy atom. The van der Waals surface area contributed by atoms with Crippen molar-refractivity contribution in [2.45, 2.75) is 72.9 Å². The van der Waals surface area contributed by atoms with Crippen LogP contribution in [0.5, 0.6) is 11.5 Å². The second-order valence-corrected chi connectivity index (χ2v) is 16.7. The van der Waals surface area contributed by atoms with Crippen LogP contribution in [-0.4, -0.2) is 132 Å². The molecule has 6 heterocycles. The molecule has 18 nitrogen and oxygen atoms in total. The fraction of sp³-hybridized carbons (Fsp3) is 0.558. The van der Waals surface area contributed by atoms with Crippen molar-refractivity contribution in [1.29, 1.82) is 0 Å². The average molecular weight is 913 g/mol. The lowest BCUT2D eigenvalue weighted by atomic mass is 9.99. The Morgan fingerprint density at radius 3 is 2.10 bits per heavy atom. The van der Waals surface area contributed by atoms with E-state index in [1.54, 1.807) is 25.3 Å². The summed E-state index contributed by atoms with van der Waals surface area (Å²) in [5.74, 6) is 2.64. The first kappa shape index (κ1) is 47.5. The summed E-state index contributed by atoms with van der Waals surface area (Å²) in [5, 5.41) is 11.7. The van der Waals surface area contributed by atoms with Gasteiger partial charge in [-0.3, -0.25) is 19.9 Å². The fourth-order valence-corrected chi connectivity index (χ4v) is 9.38. The van der Waals surface area contributed by atoms with Gasteiger partial charge >= 0.3 is 0 Å². The van der Waals surface area contributed by atoms with Crippen LogP contribution in [-0.2, 0) is 27.4 Å². The minimum absolute atomic E-state index is 0.00913. The molecule has 0 aliphatic carbocycles. The van der Waals surface area contributed by atoms with Crippen molar-refractivity contribution < 1.29 is 33.7 Å². The molecule has 0 bridgehead atoms. The number of nitrogens with two attached hydrogens (primary N) is 2. The number of aromatic nitrogens is 6. The summed E-state index contributed by atoms with van der Waals surface area (Å²) >= 11 is 13.4. The molecule has 342 valence electrons. The molecule has 1 amide bonds. The fourth-order valence-electron chi connectivity index (χ4n) is 8.72. The molecule has 2 aliphatic heterocycles. The summed E-state index contributed by atoms with van der Waals surface area (Å²) < 4.78 is 24.7. The summed E-state index contributed by atoms with van der Waals surface area (Å²) in [6.45, 7) is 18.3. The number of halogens is 2. The first-order valence-corrected chi connectivity index (χ1v) is 22.0. The van der Waals surface area contributed by atoms with Crippen LogP contribution in [0.15, 0.2) is 12.4 Å². The van der Waals surface area contributed by atoms with Gasteiger partial charge in [0.2, 0.25) is 24.0 Å². The van der Waals surface area contributed by atoms with E-state index in [0.717, 1.165) is 44.0 Å². The maximum Gasteiger partial charge on any atom is 0.259 e. The minimum Gasteiger partial charge on any atom is -0.496 e. The standard InChI is InChI=1S/C43H61Cl2N12O6/c1-9-54(10-2)33(58)17-29-21-56(40-34(29)38(44)49-42(46)51-40)24-32-28(6)37(26(4)19-57(32)59)63-16-15-62-14-12-53(11-13-60-7)20-30-22-55(41-35(30)39(45)50-43(47)52-41)23-31-27(5)36(61-8)25(3)18-48-31/h18-19,29-30,59H,9-17,20-24H2,1-8H3,(H2,46,49,51)(H2,47,50,52)/q+1. The van der Waals surface area contributed by atoms with Crippen LogP contribution >= 0.6 is 23.2 Å². The highest BCUT2D eigenvalue weighted by Crippen LogP contribution is 2.43. The summed E-state index contributed by atoms with van der Waals surface area (Å²) in [6, 6.07) is 0. The molecule has 0 radical (unpaired) electrons. The monoisotopic (exact) mass is 911 g/mol. The van der Waals surface area contributed by atoms with Crippen LogP contribution in [0.25, 0.3) is 0 Å². The summed E-state index contributed by atoms with van der Waals surface area (Å²) in [5.41, 5.74) is 18.6. The third-order valence-corrected chi connectivity index (χ3v) is 12.5. The molecule has 2 unspecified atom stereocenters. The predicted molar refractivity (Wildman–Crippen MR) is 241 cm³/mol. The van der Waals surface area contributed by atoms with E-state index < -0.39 is 0 Å². The van der Waals surface area contributed by atoms with E-state index in [1.807, 2.05) is 52.6 Å². The van der Waals surface area contributed by atoms with Crippen molar-refractivity contribution in [3.8, 4) is 11.5 Å². The molecular formula is C43H61Cl2N12O6+. The summed E-state index contributed by atoms with van der Waals surface area (Å²) in [7, 11) is 3.36. The van der Waals surface area contributed by atoms with Crippen molar-refractivity contribution in [3.05, 3.63) is 67.5 Å². The Balaban J connectivity index is 1.08. The largest absolute Gasteiger partial charge is 0.496 e. The van der Waals surface area contributed by atoms with Crippen LogP contribution in [0, 0.1) is 27.7 Å². The Morgan fingerprint density at radius 2 is 1.46 bits per heavy atom. The lowest BCUT2D eigenvalue weighted by Gasteiger charge is -2.26. The summed E-state index contributed by atoms with van der Waals surface area (Å²) in [6.07, 6.45) is 3.69. The van der Waals surface area contributed by atoms with Gasteiger partial charge in [-0.05, 0) is 41.5 Å². The molecule has 4 aromatic rings. The van der Waals surface area contributed by atoms with E-state index in [1.165, 1.54) is 0 Å². The number of aryl methyl sites for hydroxylation is 2. The van der Waals surface area contributed by atoms with Crippen molar-refractivity contribution in [3.63, 3.8) is 0 Å². The normalized spacial score (nSPS) is 15.6. The number of pyridine rings is 2. The van der Waals surface area contributed by atoms with Gasteiger partial charge in [-0.1, -0.05) is 23.2 Å². The molecule has 4 aromatic heterocycles. The number of rotatable bonds is 21. The maximum atomic E-state index is 13.2. The zero-order valence-corrected chi connectivity index (χ0v) is 39.1. The molecule has 0 saturated heterocycles. The lowest BCUT2D eigenvalue weighted by molar-refractivity contribution is -0.910. The second kappa shape index (κ2) is 21.1. The van der Waals surface area contributed by atoms with E-state index in [2.05, 4.69) is 29.7 Å². The number of carbonyl (C=O) groups excluding carboxylic acids is 1. The van der Waals surface area contributed by atoms with Crippen molar-refractivity contribution >= 4 is 52.6 Å². The molecule has 0 aromatic carbocycles. The van der Waals surface area contributed by atoms with Crippen molar-refractivity contribution in [2.75, 3.05) is 108 Å². The zero-order chi connectivity index (χ0) is 45.5. The molecule has 5 N–H and O–H groups in total. The zero-order valence-electron chi connectivity index (χ0n) is 37.6. The van der Waals surface area contributed by atoms with E-state index in [9.17, 15) is 10.0 Å². The molecule has 63 heavy (non-hydrogen) atoms. The number of nitrogen functional groups attached to an aromatic ring is 2. The van der Waals surface area contributed by atoms with Gasteiger partial charge in [0.1, 0.15) is 46.6 Å². The van der Waals surface area contributed by atoms with Gasteiger partial charge in [0.15, 0.2) is 0 Å². The number of amides is 1. The molecule has 0 spiro atoms. The number of methoxy groups -OCH3 is 2. The number of anilines is 4. The molecule has 20 heteroatoms. The van der Waals surface area contributed by atoms with Crippen molar-refractivity contribution in [2.24, 2.45) is 0 Å². The van der Waals surface area contributed by atoms with Gasteiger partial charge in [-0.2, -0.15) is 9.97 Å². The molecule has 6 rings (SSSR count). The highest BCUT2D eigenvalue weighted by Gasteiger charge is 2.38. The smallest absolute Gasteiger partial charge is 0.259 e. The highest BCUT2D eigenvalue weighted by atomic mass is 35.5. The SMILES string of the molecule is CCN(CC)C(=O)CC1CN(Cc2c(C)c(OCCOCCN(CCOC)CC3CN(Cc4ncc(C)c(OC)c4C)c4nc(N)nc(Cl)c43)c(C)c[n+]2O)c2nc(N)nc(Cl)c21. The van der Waals surface area contributed by atoms with Gasteiger partial charge in [0.25, 0.3) is 5.69 Å².